The first-order valence-corrected chi connectivity index (χ1v) is 7.33. The Bertz CT molecular complexity index is 871. The van der Waals surface area contributed by atoms with E-state index in [-0.39, 0.29) is 17.5 Å². The average Bonchev–Trinajstić information content (AvgIpc) is 2.86. The first-order valence-electron chi connectivity index (χ1n) is 7.33. The van der Waals surface area contributed by atoms with Gasteiger partial charge in [0.05, 0.1) is 5.52 Å². The molecule has 3 nitrogen and oxygen atoms in total. The van der Waals surface area contributed by atoms with Crippen LogP contribution in [0, 0.1) is 11.6 Å². The zero-order chi connectivity index (χ0) is 16.4. The fourth-order valence-electron chi connectivity index (χ4n) is 2.65. The number of nitrogens with one attached hydrogen (secondary N) is 1. The number of halogens is 2. The number of carbonyl (C=O) groups is 1. The van der Waals surface area contributed by atoms with Crippen LogP contribution in [0.2, 0.25) is 0 Å². The number of amides is 1. The number of rotatable bonds is 4. The molecule has 0 saturated carbocycles. The lowest BCUT2D eigenvalue weighted by Gasteiger charge is -2.07. The Balaban J connectivity index is 1.71. The summed E-state index contributed by atoms with van der Waals surface area (Å²) in [7, 11) is 1.73. The molecule has 0 aliphatic carbocycles. The zero-order valence-electron chi connectivity index (χ0n) is 12.6. The van der Waals surface area contributed by atoms with Gasteiger partial charge in [-0.25, -0.2) is 8.78 Å². The first-order chi connectivity index (χ1) is 11.1. The van der Waals surface area contributed by atoms with Gasteiger partial charge in [0.15, 0.2) is 0 Å². The summed E-state index contributed by atoms with van der Waals surface area (Å²) in [5, 5.41) is 3.21. The van der Waals surface area contributed by atoms with E-state index in [0.717, 1.165) is 5.56 Å². The summed E-state index contributed by atoms with van der Waals surface area (Å²) < 4.78 is 28.5. The number of aryl methyl sites for hydroxylation is 1. The number of carbonyl (C=O) groups excluding carboxylic acids is 1. The summed E-state index contributed by atoms with van der Waals surface area (Å²) in [6.07, 6.45) is 0.530. The maximum Gasteiger partial charge on any atom is 0.267 e. The first kappa shape index (κ1) is 15.2. The maximum atomic E-state index is 13.8. The molecule has 1 N–H and O–H groups in total. The van der Waals surface area contributed by atoms with Crippen molar-refractivity contribution >= 4 is 16.8 Å². The largest absolute Gasteiger partial charge is 0.350 e. The van der Waals surface area contributed by atoms with Gasteiger partial charge in [-0.05, 0) is 42.3 Å². The quantitative estimate of drug-likeness (QED) is 0.786. The molecule has 1 heterocycles. The van der Waals surface area contributed by atoms with E-state index in [4.69, 9.17) is 0 Å². The number of nitrogens with zero attached hydrogens (tertiary/aromatic N) is 1. The van der Waals surface area contributed by atoms with E-state index < -0.39 is 0 Å². The molecule has 0 spiro atoms. The third kappa shape index (κ3) is 3.08. The molecule has 3 aromatic rings. The van der Waals surface area contributed by atoms with Crippen molar-refractivity contribution in [3.63, 3.8) is 0 Å². The lowest BCUT2D eigenvalue weighted by atomic mass is 10.1. The summed E-state index contributed by atoms with van der Waals surface area (Å²) in [5.74, 6) is -0.922. The molecule has 0 aliphatic heterocycles. The second kappa shape index (κ2) is 6.20. The topological polar surface area (TPSA) is 34.0 Å². The van der Waals surface area contributed by atoms with E-state index in [1.807, 2.05) is 0 Å². The third-order valence-electron chi connectivity index (χ3n) is 3.85. The lowest BCUT2D eigenvalue weighted by Crippen LogP contribution is -2.27. The van der Waals surface area contributed by atoms with Crippen molar-refractivity contribution < 1.29 is 13.6 Å². The van der Waals surface area contributed by atoms with Crippen LogP contribution < -0.4 is 5.32 Å². The van der Waals surface area contributed by atoms with Gasteiger partial charge in [0.2, 0.25) is 0 Å². The molecular weight excluding hydrogens is 298 g/mol. The number of benzene rings is 2. The van der Waals surface area contributed by atoms with Crippen LogP contribution in [-0.2, 0) is 13.5 Å². The second-order valence-corrected chi connectivity index (χ2v) is 5.40. The molecule has 5 heteroatoms. The Labute approximate surface area is 132 Å². The summed E-state index contributed by atoms with van der Waals surface area (Å²) in [6.45, 7) is 0.381. The highest BCUT2D eigenvalue weighted by Crippen LogP contribution is 2.21. The Morgan fingerprint density at radius 2 is 1.91 bits per heavy atom. The monoisotopic (exact) mass is 314 g/mol. The fourth-order valence-corrected chi connectivity index (χ4v) is 2.65. The van der Waals surface area contributed by atoms with Gasteiger partial charge in [-0.15, -0.1) is 0 Å². The van der Waals surface area contributed by atoms with E-state index >= 15 is 0 Å². The van der Waals surface area contributed by atoms with Crippen LogP contribution in [0.5, 0.6) is 0 Å². The molecule has 0 unspecified atom stereocenters. The Kier molecular flexibility index (Phi) is 4.10. The predicted molar refractivity (Wildman–Crippen MR) is 85.3 cm³/mol. The van der Waals surface area contributed by atoms with Crippen LogP contribution in [0.1, 0.15) is 16.1 Å². The summed E-state index contributed by atoms with van der Waals surface area (Å²) in [6, 6.07) is 12.6. The van der Waals surface area contributed by atoms with Gasteiger partial charge in [0.25, 0.3) is 5.91 Å². The molecule has 2 aromatic carbocycles. The number of aromatic nitrogens is 1. The standard InChI is InChI=1S/C18H16F2N2O/c1-22-16-7-3-6-15(20)14(16)11-17(22)18(23)21-9-8-12-4-2-5-13(19)10-12/h2-7,10-11H,8-9H2,1H3,(H,21,23). The van der Waals surface area contributed by atoms with E-state index in [0.29, 0.717) is 29.6 Å². The smallest absolute Gasteiger partial charge is 0.267 e. The van der Waals surface area contributed by atoms with Crippen LogP contribution in [0.4, 0.5) is 8.78 Å². The van der Waals surface area contributed by atoms with E-state index in [1.54, 1.807) is 41.9 Å². The minimum absolute atomic E-state index is 0.278. The van der Waals surface area contributed by atoms with Crippen molar-refractivity contribution in [1.82, 2.24) is 9.88 Å². The van der Waals surface area contributed by atoms with E-state index in [2.05, 4.69) is 5.32 Å². The van der Waals surface area contributed by atoms with E-state index in [1.165, 1.54) is 18.2 Å². The minimum atomic E-state index is -0.350. The van der Waals surface area contributed by atoms with E-state index in [9.17, 15) is 13.6 Å². The van der Waals surface area contributed by atoms with Crippen molar-refractivity contribution in [3.05, 3.63) is 71.4 Å². The van der Waals surface area contributed by atoms with Crippen molar-refractivity contribution in [2.24, 2.45) is 7.05 Å². The van der Waals surface area contributed by atoms with Crippen LogP contribution in [0.15, 0.2) is 48.5 Å². The number of hydrogen-bond donors (Lipinski definition) is 1. The van der Waals surface area contributed by atoms with Crippen LogP contribution in [0.25, 0.3) is 10.9 Å². The molecule has 1 aromatic heterocycles. The molecule has 0 radical (unpaired) electrons. The van der Waals surface area contributed by atoms with Gasteiger partial charge in [-0.1, -0.05) is 18.2 Å². The van der Waals surface area contributed by atoms with Gasteiger partial charge in [0.1, 0.15) is 17.3 Å². The Hall–Kier alpha value is -2.69. The van der Waals surface area contributed by atoms with Gasteiger partial charge < -0.3 is 9.88 Å². The van der Waals surface area contributed by atoms with Gasteiger partial charge in [0, 0.05) is 19.0 Å². The number of hydrogen-bond acceptors (Lipinski definition) is 1. The fraction of sp³-hybridized carbons (Fsp3) is 0.167. The lowest BCUT2D eigenvalue weighted by molar-refractivity contribution is 0.0946. The zero-order valence-corrected chi connectivity index (χ0v) is 12.6. The SMILES string of the molecule is Cn1c(C(=O)NCCc2cccc(F)c2)cc2c(F)cccc21. The summed E-state index contributed by atoms with van der Waals surface area (Å²) >= 11 is 0. The Morgan fingerprint density at radius 1 is 1.13 bits per heavy atom. The normalized spacial score (nSPS) is 10.9. The highest BCUT2D eigenvalue weighted by Gasteiger charge is 2.14. The van der Waals surface area contributed by atoms with Crippen molar-refractivity contribution in [1.29, 1.82) is 0 Å². The summed E-state index contributed by atoms with van der Waals surface area (Å²) in [4.78, 5) is 12.3. The van der Waals surface area contributed by atoms with Crippen LogP contribution in [-0.4, -0.2) is 17.0 Å². The van der Waals surface area contributed by atoms with Crippen molar-refractivity contribution in [2.75, 3.05) is 6.54 Å². The van der Waals surface area contributed by atoms with Crippen molar-refractivity contribution in [2.45, 2.75) is 6.42 Å². The average molecular weight is 314 g/mol. The van der Waals surface area contributed by atoms with Gasteiger partial charge >= 0.3 is 0 Å². The molecule has 23 heavy (non-hydrogen) atoms. The van der Waals surface area contributed by atoms with Crippen LogP contribution in [0.3, 0.4) is 0 Å². The molecule has 0 saturated heterocycles. The highest BCUT2D eigenvalue weighted by molar-refractivity contribution is 5.98. The number of fused-ring (bicyclic) bond motifs is 1. The van der Waals surface area contributed by atoms with Crippen LogP contribution >= 0.6 is 0 Å². The molecule has 0 atom stereocenters. The van der Waals surface area contributed by atoms with Gasteiger partial charge in [-0.2, -0.15) is 0 Å². The highest BCUT2D eigenvalue weighted by atomic mass is 19.1. The molecule has 0 aliphatic rings. The third-order valence-corrected chi connectivity index (χ3v) is 3.85. The molecule has 0 bridgehead atoms. The molecular formula is C18H16F2N2O. The van der Waals surface area contributed by atoms with Crippen molar-refractivity contribution in [3.8, 4) is 0 Å². The Morgan fingerprint density at radius 3 is 2.65 bits per heavy atom. The molecule has 118 valence electrons. The molecule has 0 fully saturated rings. The summed E-state index contributed by atoms with van der Waals surface area (Å²) in [5.41, 5.74) is 1.87. The molecule has 3 rings (SSSR count). The van der Waals surface area contributed by atoms with Gasteiger partial charge in [-0.3, -0.25) is 4.79 Å². The predicted octanol–water partition coefficient (Wildman–Crippen LogP) is 3.43. The second-order valence-electron chi connectivity index (χ2n) is 5.40. The maximum absolute atomic E-state index is 13.8. The minimum Gasteiger partial charge on any atom is -0.350 e. The molecule has 1 amide bonds.